The molecule has 0 saturated heterocycles. The highest BCUT2D eigenvalue weighted by atomic mass is 35.5. The lowest BCUT2D eigenvalue weighted by atomic mass is 10.1. The van der Waals surface area contributed by atoms with Gasteiger partial charge in [-0.05, 0) is 29.8 Å². The van der Waals surface area contributed by atoms with E-state index in [2.05, 4.69) is 12.1 Å². The van der Waals surface area contributed by atoms with Crippen molar-refractivity contribution in [2.75, 3.05) is 12.9 Å². The van der Waals surface area contributed by atoms with Crippen molar-refractivity contribution in [2.45, 2.75) is 10.9 Å². The third-order valence-corrected chi connectivity index (χ3v) is 4.22. The minimum Gasteiger partial charge on any atom is -0.495 e. The molecular formula is C15H16ClNOS. The highest BCUT2D eigenvalue weighted by molar-refractivity contribution is 7.99. The topological polar surface area (TPSA) is 35.2 Å². The summed E-state index contributed by atoms with van der Waals surface area (Å²) in [6.45, 7) is 0. The number of halogens is 1. The highest BCUT2D eigenvalue weighted by Crippen LogP contribution is 2.29. The van der Waals surface area contributed by atoms with E-state index in [0.717, 1.165) is 11.3 Å². The van der Waals surface area contributed by atoms with Crippen molar-refractivity contribution in [3.05, 3.63) is 59.1 Å². The van der Waals surface area contributed by atoms with Gasteiger partial charge in [-0.15, -0.1) is 11.8 Å². The van der Waals surface area contributed by atoms with E-state index >= 15 is 0 Å². The molecule has 0 aliphatic carbocycles. The molecule has 4 heteroatoms. The Balaban J connectivity index is 2.02. The first-order chi connectivity index (χ1) is 9.20. The third kappa shape index (κ3) is 3.90. The van der Waals surface area contributed by atoms with Gasteiger partial charge in [0, 0.05) is 16.7 Å². The molecule has 1 atom stereocenters. The zero-order chi connectivity index (χ0) is 13.7. The Hall–Kier alpha value is -1.16. The van der Waals surface area contributed by atoms with Crippen LogP contribution in [0.25, 0.3) is 0 Å². The maximum Gasteiger partial charge on any atom is 0.137 e. The van der Waals surface area contributed by atoms with Gasteiger partial charge in [-0.3, -0.25) is 0 Å². The van der Waals surface area contributed by atoms with Crippen LogP contribution in [0.4, 0.5) is 0 Å². The molecule has 2 aromatic rings. The zero-order valence-corrected chi connectivity index (χ0v) is 12.2. The molecule has 2 aromatic carbocycles. The second kappa shape index (κ2) is 6.85. The van der Waals surface area contributed by atoms with E-state index in [1.165, 1.54) is 4.90 Å². The number of hydrogen-bond donors (Lipinski definition) is 1. The third-order valence-electron chi connectivity index (χ3n) is 2.78. The molecule has 0 aromatic heterocycles. The van der Waals surface area contributed by atoms with Crippen LogP contribution in [0, 0.1) is 0 Å². The first-order valence-corrected chi connectivity index (χ1v) is 7.34. The summed E-state index contributed by atoms with van der Waals surface area (Å²) in [7, 11) is 1.61. The van der Waals surface area contributed by atoms with E-state index in [1.807, 2.05) is 36.4 Å². The van der Waals surface area contributed by atoms with Crippen LogP contribution in [-0.4, -0.2) is 12.9 Å². The standard InChI is InChI=1S/C15H16ClNOS/c1-18-15-9-11(7-8-13(15)16)14(17)10-19-12-5-3-2-4-6-12/h2-9,14H,10,17H2,1H3. The van der Waals surface area contributed by atoms with Gasteiger partial charge in [-0.1, -0.05) is 35.9 Å². The molecule has 0 amide bonds. The highest BCUT2D eigenvalue weighted by Gasteiger charge is 2.09. The number of rotatable bonds is 5. The monoisotopic (exact) mass is 293 g/mol. The Labute approximate surface area is 122 Å². The zero-order valence-electron chi connectivity index (χ0n) is 10.7. The number of ether oxygens (including phenoxy) is 1. The summed E-state index contributed by atoms with van der Waals surface area (Å²) in [5, 5.41) is 0.606. The molecule has 1 unspecified atom stereocenters. The van der Waals surface area contributed by atoms with Gasteiger partial charge >= 0.3 is 0 Å². The number of nitrogens with two attached hydrogens (primary N) is 1. The number of methoxy groups -OCH3 is 1. The molecule has 0 aliphatic rings. The predicted octanol–water partition coefficient (Wildman–Crippen LogP) is 4.14. The van der Waals surface area contributed by atoms with Gasteiger partial charge in [0.05, 0.1) is 12.1 Å². The van der Waals surface area contributed by atoms with Gasteiger partial charge in [0.25, 0.3) is 0 Å². The van der Waals surface area contributed by atoms with E-state index in [9.17, 15) is 0 Å². The SMILES string of the molecule is COc1cc(C(N)CSc2ccccc2)ccc1Cl. The van der Waals surface area contributed by atoms with Crippen LogP contribution in [0.1, 0.15) is 11.6 Å². The van der Waals surface area contributed by atoms with Crippen LogP contribution in [-0.2, 0) is 0 Å². The van der Waals surface area contributed by atoms with Crippen molar-refractivity contribution in [2.24, 2.45) is 5.73 Å². The van der Waals surface area contributed by atoms with E-state index in [0.29, 0.717) is 10.8 Å². The minimum atomic E-state index is -0.0450. The van der Waals surface area contributed by atoms with Crippen LogP contribution in [0.2, 0.25) is 5.02 Å². The molecule has 0 aliphatic heterocycles. The maximum atomic E-state index is 6.20. The Kier molecular flexibility index (Phi) is 5.14. The minimum absolute atomic E-state index is 0.0450. The largest absolute Gasteiger partial charge is 0.495 e. The van der Waals surface area contributed by atoms with E-state index in [-0.39, 0.29) is 6.04 Å². The van der Waals surface area contributed by atoms with E-state index in [1.54, 1.807) is 18.9 Å². The fraction of sp³-hybridized carbons (Fsp3) is 0.200. The Bertz CT molecular complexity index is 533. The molecule has 0 fully saturated rings. The van der Waals surface area contributed by atoms with Crippen molar-refractivity contribution >= 4 is 23.4 Å². The molecule has 2 rings (SSSR count). The predicted molar refractivity (Wildman–Crippen MR) is 82.1 cm³/mol. The fourth-order valence-corrected chi connectivity index (χ4v) is 2.81. The smallest absolute Gasteiger partial charge is 0.137 e. The number of hydrogen-bond acceptors (Lipinski definition) is 3. The first-order valence-electron chi connectivity index (χ1n) is 5.97. The summed E-state index contributed by atoms with van der Waals surface area (Å²) >= 11 is 7.75. The number of thioether (sulfide) groups is 1. The molecule has 0 saturated carbocycles. The molecule has 0 spiro atoms. The van der Waals surface area contributed by atoms with E-state index in [4.69, 9.17) is 22.1 Å². The summed E-state index contributed by atoms with van der Waals surface area (Å²) in [6, 6.07) is 15.9. The lowest BCUT2D eigenvalue weighted by Gasteiger charge is -2.13. The molecule has 2 N–H and O–H groups in total. The molecule has 0 radical (unpaired) electrons. The summed E-state index contributed by atoms with van der Waals surface area (Å²) < 4.78 is 5.20. The van der Waals surface area contributed by atoms with Crippen molar-refractivity contribution in [3.8, 4) is 5.75 Å². The van der Waals surface area contributed by atoms with Gasteiger partial charge in [0.2, 0.25) is 0 Å². The van der Waals surface area contributed by atoms with Crippen molar-refractivity contribution < 1.29 is 4.74 Å². The lowest BCUT2D eigenvalue weighted by Crippen LogP contribution is -2.13. The molecular weight excluding hydrogens is 278 g/mol. The van der Waals surface area contributed by atoms with E-state index < -0.39 is 0 Å². The van der Waals surface area contributed by atoms with Gasteiger partial charge in [0.1, 0.15) is 5.75 Å². The Morgan fingerprint density at radius 3 is 2.63 bits per heavy atom. The second-order valence-corrected chi connectivity index (χ2v) is 5.63. The normalized spacial score (nSPS) is 12.2. The van der Waals surface area contributed by atoms with Crippen molar-refractivity contribution in [3.63, 3.8) is 0 Å². The summed E-state index contributed by atoms with van der Waals surface area (Å²) in [5.74, 6) is 1.48. The Morgan fingerprint density at radius 1 is 1.21 bits per heavy atom. The average Bonchev–Trinajstić information content (AvgIpc) is 2.46. The summed E-state index contributed by atoms with van der Waals surface area (Å²) in [4.78, 5) is 1.22. The van der Waals surface area contributed by atoms with Crippen LogP contribution >= 0.6 is 23.4 Å². The van der Waals surface area contributed by atoms with Crippen LogP contribution in [0.3, 0.4) is 0 Å². The quantitative estimate of drug-likeness (QED) is 0.842. The van der Waals surface area contributed by atoms with Crippen LogP contribution in [0.15, 0.2) is 53.4 Å². The molecule has 0 heterocycles. The lowest BCUT2D eigenvalue weighted by molar-refractivity contribution is 0.414. The summed E-state index contributed by atoms with van der Waals surface area (Å²) in [6.07, 6.45) is 0. The molecule has 100 valence electrons. The Morgan fingerprint density at radius 2 is 1.95 bits per heavy atom. The average molecular weight is 294 g/mol. The van der Waals surface area contributed by atoms with Gasteiger partial charge in [0.15, 0.2) is 0 Å². The first kappa shape index (κ1) is 14.3. The van der Waals surface area contributed by atoms with Crippen LogP contribution in [0.5, 0.6) is 5.75 Å². The molecule has 2 nitrogen and oxygen atoms in total. The molecule has 0 bridgehead atoms. The van der Waals surface area contributed by atoms with Crippen molar-refractivity contribution in [1.29, 1.82) is 0 Å². The van der Waals surface area contributed by atoms with Crippen molar-refractivity contribution in [1.82, 2.24) is 0 Å². The van der Waals surface area contributed by atoms with Gasteiger partial charge in [-0.25, -0.2) is 0 Å². The fourth-order valence-electron chi connectivity index (χ4n) is 1.71. The van der Waals surface area contributed by atoms with Gasteiger partial charge < -0.3 is 10.5 Å². The second-order valence-electron chi connectivity index (χ2n) is 4.12. The summed E-state index contributed by atoms with van der Waals surface area (Å²) in [5.41, 5.74) is 7.23. The molecule has 19 heavy (non-hydrogen) atoms. The maximum absolute atomic E-state index is 6.20. The van der Waals surface area contributed by atoms with Gasteiger partial charge in [-0.2, -0.15) is 0 Å². The van der Waals surface area contributed by atoms with Crippen LogP contribution < -0.4 is 10.5 Å². The number of benzene rings is 2.